The van der Waals surface area contributed by atoms with Crippen molar-refractivity contribution in [2.45, 2.75) is 39.2 Å². The zero-order chi connectivity index (χ0) is 16.0. The van der Waals surface area contributed by atoms with Gasteiger partial charge in [0, 0.05) is 0 Å². The molecule has 0 fully saturated rings. The fraction of sp³-hybridized carbons (Fsp3) is 0.438. The number of hydrogen-bond donors (Lipinski definition) is 1. The van der Waals surface area contributed by atoms with Gasteiger partial charge in [0.05, 0.1) is 18.9 Å². The highest BCUT2D eigenvalue weighted by atomic mass is 16.6. The minimum absolute atomic E-state index is 0.169. The third-order valence-electron chi connectivity index (χ3n) is 2.73. The lowest BCUT2D eigenvalue weighted by Gasteiger charge is -2.21. The number of carboxylic acid groups (broad SMARTS) is 1. The Bertz CT molecular complexity index is 549. The molecule has 1 rings (SSSR count). The van der Waals surface area contributed by atoms with Gasteiger partial charge in [-0.2, -0.15) is 0 Å². The van der Waals surface area contributed by atoms with Crippen LogP contribution in [0, 0.1) is 12.5 Å². The summed E-state index contributed by atoms with van der Waals surface area (Å²) in [6.45, 7) is 12.1. The summed E-state index contributed by atoms with van der Waals surface area (Å²) in [5.74, 6) is -2.39. The molecule has 112 valence electrons. The maximum absolute atomic E-state index is 11.7. The van der Waals surface area contributed by atoms with Crippen molar-refractivity contribution in [2.24, 2.45) is 5.92 Å². The first-order chi connectivity index (χ1) is 9.71. The molecule has 0 spiro atoms. The summed E-state index contributed by atoms with van der Waals surface area (Å²) in [5.41, 5.74) is 0.647. The second kappa shape index (κ2) is 6.89. The molecule has 0 aliphatic heterocycles. The van der Waals surface area contributed by atoms with Crippen molar-refractivity contribution in [1.82, 2.24) is 0 Å². The van der Waals surface area contributed by atoms with E-state index in [0.29, 0.717) is 5.69 Å². The molecular formula is C16H19NO4. The van der Waals surface area contributed by atoms with Gasteiger partial charge >= 0.3 is 11.9 Å². The molecule has 0 unspecified atom stereocenters. The summed E-state index contributed by atoms with van der Waals surface area (Å²) in [4.78, 5) is 26.3. The first kappa shape index (κ1) is 16.7. The molecule has 5 heteroatoms. The van der Waals surface area contributed by atoms with Gasteiger partial charge < -0.3 is 9.84 Å². The molecule has 1 aromatic rings. The van der Waals surface area contributed by atoms with E-state index in [1.54, 1.807) is 45.0 Å². The van der Waals surface area contributed by atoms with Gasteiger partial charge in [-0.05, 0) is 32.8 Å². The Morgan fingerprint density at radius 2 is 1.86 bits per heavy atom. The van der Waals surface area contributed by atoms with Crippen LogP contribution >= 0.6 is 0 Å². The van der Waals surface area contributed by atoms with Gasteiger partial charge in [0.25, 0.3) is 0 Å². The van der Waals surface area contributed by atoms with E-state index in [-0.39, 0.29) is 12.8 Å². The van der Waals surface area contributed by atoms with Gasteiger partial charge in [-0.3, -0.25) is 9.59 Å². The van der Waals surface area contributed by atoms with Crippen LogP contribution in [0.4, 0.5) is 5.69 Å². The summed E-state index contributed by atoms with van der Waals surface area (Å²) in [7, 11) is 0. The summed E-state index contributed by atoms with van der Waals surface area (Å²) in [6, 6.07) is 6.68. The minimum Gasteiger partial charge on any atom is -0.481 e. The van der Waals surface area contributed by atoms with Crippen LogP contribution in [0.5, 0.6) is 0 Å². The van der Waals surface area contributed by atoms with Gasteiger partial charge in [-0.25, -0.2) is 4.85 Å². The Balaban J connectivity index is 2.72. The third-order valence-corrected chi connectivity index (χ3v) is 2.73. The van der Waals surface area contributed by atoms with E-state index in [1.807, 2.05) is 0 Å². The third kappa shape index (κ3) is 6.09. The van der Waals surface area contributed by atoms with Gasteiger partial charge in [-0.15, -0.1) is 0 Å². The number of nitrogens with zero attached hydrogens (tertiary/aromatic N) is 1. The molecule has 0 heterocycles. The van der Waals surface area contributed by atoms with E-state index in [9.17, 15) is 14.7 Å². The highest BCUT2D eigenvalue weighted by Gasteiger charge is 2.25. The molecule has 0 aromatic heterocycles. The number of hydrogen-bond acceptors (Lipinski definition) is 3. The number of aliphatic carboxylic acids is 1. The molecule has 1 atom stereocenters. The summed E-state index contributed by atoms with van der Waals surface area (Å²) in [5, 5.41) is 9.23. The zero-order valence-corrected chi connectivity index (χ0v) is 12.4. The minimum atomic E-state index is -1.03. The molecular weight excluding hydrogens is 270 g/mol. The maximum atomic E-state index is 11.7. The average Bonchev–Trinajstić information content (AvgIpc) is 2.36. The van der Waals surface area contributed by atoms with E-state index < -0.39 is 23.5 Å². The van der Waals surface area contributed by atoms with E-state index in [0.717, 1.165) is 5.56 Å². The van der Waals surface area contributed by atoms with Crippen LogP contribution in [0.1, 0.15) is 32.8 Å². The number of carbonyl (C=O) groups is 2. The smallest absolute Gasteiger partial charge is 0.307 e. The molecule has 0 saturated carbocycles. The van der Waals surface area contributed by atoms with Crippen molar-refractivity contribution >= 4 is 17.6 Å². The standard InChI is InChI=1S/C16H19NO4/c1-16(2,3)21-14(18)10-12(15(19)20)9-11-5-7-13(17-4)8-6-11/h5-8,12H,9-10H2,1-3H3,(H,19,20)/t12-/m1/s1. The lowest BCUT2D eigenvalue weighted by atomic mass is 9.96. The number of ether oxygens (including phenoxy) is 1. The van der Waals surface area contributed by atoms with Crippen LogP contribution in [0.2, 0.25) is 0 Å². The molecule has 0 aliphatic rings. The van der Waals surface area contributed by atoms with Crippen molar-refractivity contribution < 1.29 is 19.4 Å². The molecule has 1 aromatic carbocycles. The number of carbonyl (C=O) groups excluding carboxylic acids is 1. The van der Waals surface area contributed by atoms with Crippen LogP contribution in [0.25, 0.3) is 4.85 Å². The second-order valence-corrected chi connectivity index (χ2v) is 5.81. The maximum Gasteiger partial charge on any atom is 0.307 e. The van der Waals surface area contributed by atoms with Gasteiger partial charge in [0.2, 0.25) is 0 Å². The summed E-state index contributed by atoms with van der Waals surface area (Å²) >= 11 is 0. The Labute approximate surface area is 124 Å². The Hall–Kier alpha value is -2.35. The average molecular weight is 289 g/mol. The van der Waals surface area contributed by atoms with Crippen LogP contribution in [0.3, 0.4) is 0 Å². The van der Waals surface area contributed by atoms with Crippen molar-refractivity contribution in [3.05, 3.63) is 41.2 Å². The predicted molar refractivity (Wildman–Crippen MR) is 78.0 cm³/mol. The largest absolute Gasteiger partial charge is 0.481 e. The highest BCUT2D eigenvalue weighted by molar-refractivity contribution is 5.79. The Kier molecular flexibility index (Phi) is 5.48. The monoisotopic (exact) mass is 289 g/mol. The van der Waals surface area contributed by atoms with Crippen LogP contribution in [0.15, 0.2) is 24.3 Å². The molecule has 0 radical (unpaired) electrons. The molecule has 21 heavy (non-hydrogen) atoms. The summed E-state index contributed by atoms with van der Waals surface area (Å²) < 4.78 is 5.15. The van der Waals surface area contributed by atoms with Gasteiger partial charge in [-0.1, -0.05) is 24.3 Å². The SMILES string of the molecule is [C-]#[N+]c1ccc(C[C@H](CC(=O)OC(C)(C)C)C(=O)O)cc1. The van der Waals surface area contributed by atoms with Crippen LogP contribution in [-0.2, 0) is 20.7 Å². The molecule has 1 N–H and O–H groups in total. The topological polar surface area (TPSA) is 68.0 Å². The fourth-order valence-electron chi connectivity index (χ4n) is 1.82. The molecule has 0 saturated heterocycles. The number of benzene rings is 1. The first-order valence-electron chi connectivity index (χ1n) is 6.62. The van der Waals surface area contributed by atoms with Gasteiger partial charge in [0.15, 0.2) is 5.69 Å². The van der Waals surface area contributed by atoms with Gasteiger partial charge in [0.1, 0.15) is 5.60 Å². The second-order valence-electron chi connectivity index (χ2n) is 5.81. The lowest BCUT2D eigenvalue weighted by molar-refractivity contribution is -0.159. The highest BCUT2D eigenvalue weighted by Crippen LogP contribution is 2.19. The van der Waals surface area contributed by atoms with Crippen molar-refractivity contribution in [3.8, 4) is 0 Å². The quantitative estimate of drug-likeness (QED) is 0.667. The summed E-state index contributed by atoms with van der Waals surface area (Å²) in [6.07, 6.45) is 0.0596. The predicted octanol–water partition coefficient (Wildman–Crippen LogP) is 3.21. The fourth-order valence-corrected chi connectivity index (χ4v) is 1.82. The van der Waals surface area contributed by atoms with Crippen molar-refractivity contribution in [3.63, 3.8) is 0 Å². The Morgan fingerprint density at radius 3 is 2.29 bits per heavy atom. The van der Waals surface area contributed by atoms with Crippen LogP contribution in [-0.4, -0.2) is 22.6 Å². The number of rotatable bonds is 5. The van der Waals surface area contributed by atoms with Crippen LogP contribution < -0.4 is 0 Å². The van der Waals surface area contributed by atoms with E-state index in [1.165, 1.54) is 0 Å². The van der Waals surface area contributed by atoms with Crippen molar-refractivity contribution in [1.29, 1.82) is 0 Å². The van der Waals surface area contributed by atoms with E-state index >= 15 is 0 Å². The number of carboxylic acids is 1. The Morgan fingerprint density at radius 1 is 1.29 bits per heavy atom. The van der Waals surface area contributed by atoms with E-state index in [4.69, 9.17) is 11.3 Å². The molecule has 0 bridgehead atoms. The normalized spacial score (nSPS) is 12.3. The molecule has 0 amide bonds. The van der Waals surface area contributed by atoms with Crippen molar-refractivity contribution in [2.75, 3.05) is 0 Å². The molecule has 5 nitrogen and oxygen atoms in total. The molecule has 0 aliphatic carbocycles. The van der Waals surface area contributed by atoms with E-state index in [2.05, 4.69) is 4.85 Å². The zero-order valence-electron chi connectivity index (χ0n) is 12.4. The number of esters is 1. The first-order valence-corrected chi connectivity index (χ1v) is 6.62. The lowest BCUT2D eigenvalue weighted by Crippen LogP contribution is -2.28.